The van der Waals surface area contributed by atoms with Gasteiger partial charge in [0.05, 0.1) is 0 Å². The van der Waals surface area contributed by atoms with Crippen molar-refractivity contribution in [3.05, 3.63) is 23.7 Å². The lowest BCUT2D eigenvalue weighted by Crippen LogP contribution is -2.39. The molecule has 23 heavy (non-hydrogen) atoms. The molecule has 1 aliphatic heterocycles. The SMILES string of the molecule is CC(C)(C)OC(=O)N1CCCN(c2nccc3sccc23)CC1. The van der Waals surface area contributed by atoms with Crippen molar-refractivity contribution in [3.63, 3.8) is 0 Å². The van der Waals surface area contributed by atoms with Crippen LogP contribution in [0, 0.1) is 0 Å². The standard InChI is InChI=1S/C17H23N3O2S/c1-17(2,3)22-16(21)20-9-4-8-19(10-11-20)15-13-6-12-23-14(13)5-7-18-15/h5-7,12H,4,8-11H2,1-3H3. The fourth-order valence-electron chi connectivity index (χ4n) is 2.77. The van der Waals surface area contributed by atoms with E-state index in [-0.39, 0.29) is 6.09 Å². The Morgan fingerprint density at radius 2 is 2.04 bits per heavy atom. The summed E-state index contributed by atoms with van der Waals surface area (Å²) in [6, 6.07) is 4.17. The monoisotopic (exact) mass is 333 g/mol. The van der Waals surface area contributed by atoms with Crippen LogP contribution in [-0.2, 0) is 4.74 Å². The molecule has 0 saturated carbocycles. The fraction of sp³-hybridized carbons (Fsp3) is 0.529. The van der Waals surface area contributed by atoms with Crippen LogP contribution in [0.15, 0.2) is 23.7 Å². The van der Waals surface area contributed by atoms with Gasteiger partial charge in [0, 0.05) is 42.5 Å². The van der Waals surface area contributed by atoms with Crippen molar-refractivity contribution in [2.45, 2.75) is 32.8 Å². The van der Waals surface area contributed by atoms with E-state index in [4.69, 9.17) is 4.74 Å². The maximum absolute atomic E-state index is 12.3. The molecule has 1 aliphatic rings. The number of rotatable bonds is 1. The predicted octanol–water partition coefficient (Wildman–Crippen LogP) is 3.74. The number of hydrogen-bond donors (Lipinski definition) is 0. The van der Waals surface area contributed by atoms with Gasteiger partial charge in [-0.2, -0.15) is 0 Å². The van der Waals surface area contributed by atoms with Crippen LogP contribution in [0.5, 0.6) is 0 Å². The van der Waals surface area contributed by atoms with E-state index in [1.807, 2.05) is 33.0 Å². The number of hydrogen-bond acceptors (Lipinski definition) is 5. The Balaban J connectivity index is 1.71. The molecule has 0 atom stereocenters. The summed E-state index contributed by atoms with van der Waals surface area (Å²) >= 11 is 1.73. The molecule has 124 valence electrons. The molecule has 0 spiro atoms. The third-order valence-electron chi connectivity index (χ3n) is 3.81. The lowest BCUT2D eigenvalue weighted by Gasteiger charge is -2.26. The molecular weight excluding hydrogens is 310 g/mol. The quantitative estimate of drug-likeness (QED) is 0.797. The molecule has 3 rings (SSSR count). The van der Waals surface area contributed by atoms with Crippen LogP contribution in [0.2, 0.25) is 0 Å². The second kappa shape index (κ2) is 6.35. The van der Waals surface area contributed by atoms with Crippen LogP contribution >= 0.6 is 11.3 Å². The number of carbonyl (C=O) groups excluding carboxylic acids is 1. The normalized spacial score (nSPS) is 16.5. The Morgan fingerprint density at radius 1 is 1.22 bits per heavy atom. The van der Waals surface area contributed by atoms with Gasteiger partial charge in [-0.25, -0.2) is 9.78 Å². The Morgan fingerprint density at radius 3 is 2.83 bits per heavy atom. The molecule has 0 radical (unpaired) electrons. The number of thiophene rings is 1. The van der Waals surface area contributed by atoms with E-state index in [0.29, 0.717) is 6.54 Å². The van der Waals surface area contributed by atoms with Gasteiger partial charge in [0.15, 0.2) is 0 Å². The molecule has 1 saturated heterocycles. The van der Waals surface area contributed by atoms with Crippen molar-refractivity contribution in [2.75, 3.05) is 31.1 Å². The molecule has 5 nitrogen and oxygen atoms in total. The summed E-state index contributed by atoms with van der Waals surface area (Å²) in [7, 11) is 0. The van der Waals surface area contributed by atoms with Crippen LogP contribution in [0.4, 0.5) is 10.6 Å². The minimum atomic E-state index is -0.451. The third-order valence-corrected chi connectivity index (χ3v) is 4.69. The first-order chi connectivity index (χ1) is 10.9. The summed E-state index contributed by atoms with van der Waals surface area (Å²) in [5.41, 5.74) is -0.451. The fourth-order valence-corrected chi connectivity index (χ4v) is 3.55. The van der Waals surface area contributed by atoms with Crippen LogP contribution in [0.25, 0.3) is 10.1 Å². The highest BCUT2D eigenvalue weighted by Crippen LogP contribution is 2.29. The second-order valence-electron chi connectivity index (χ2n) is 6.77. The van der Waals surface area contributed by atoms with Crippen LogP contribution in [0.3, 0.4) is 0 Å². The van der Waals surface area contributed by atoms with Crippen molar-refractivity contribution >= 4 is 33.3 Å². The second-order valence-corrected chi connectivity index (χ2v) is 7.72. The number of fused-ring (bicyclic) bond motifs is 1. The van der Waals surface area contributed by atoms with Crippen LogP contribution in [0.1, 0.15) is 27.2 Å². The summed E-state index contributed by atoms with van der Waals surface area (Å²) in [5.74, 6) is 1.02. The zero-order valence-electron chi connectivity index (χ0n) is 13.9. The van der Waals surface area contributed by atoms with Gasteiger partial charge >= 0.3 is 6.09 Å². The number of anilines is 1. The first kappa shape index (κ1) is 16.1. The van der Waals surface area contributed by atoms with E-state index in [0.717, 1.165) is 31.9 Å². The van der Waals surface area contributed by atoms with Crippen LogP contribution < -0.4 is 4.90 Å². The average molecular weight is 333 g/mol. The molecule has 0 unspecified atom stereocenters. The van der Waals surface area contributed by atoms with Gasteiger partial charge in [-0.3, -0.25) is 0 Å². The molecule has 2 aromatic rings. The van der Waals surface area contributed by atoms with E-state index in [9.17, 15) is 4.79 Å². The van der Waals surface area contributed by atoms with Crippen molar-refractivity contribution in [2.24, 2.45) is 0 Å². The minimum absolute atomic E-state index is 0.221. The van der Waals surface area contributed by atoms with Gasteiger partial charge in [0.1, 0.15) is 11.4 Å². The van der Waals surface area contributed by atoms with Gasteiger partial charge in [-0.1, -0.05) is 0 Å². The summed E-state index contributed by atoms with van der Waals surface area (Å²) in [6.45, 7) is 8.77. The van der Waals surface area contributed by atoms with Gasteiger partial charge in [0.25, 0.3) is 0 Å². The largest absolute Gasteiger partial charge is 0.444 e. The Labute approximate surface area is 140 Å². The predicted molar refractivity (Wildman–Crippen MR) is 94.3 cm³/mol. The number of amides is 1. The topological polar surface area (TPSA) is 45.7 Å². The number of carbonyl (C=O) groups is 1. The van der Waals surface area contributed by atoms with Crippen molar-refractivity contribution in [3.8, 4) is 0 Å². The highest BCUT2D eigenvalue weighted by Gasteiger charge is 2.25. The molecule has 1 fully saturated rings. The zero-order valence-corrected chi connectivity index (χ0v) is 14.7. The molecule has 0 aromatic carbocycles. The molecule has 0 aliphatic carbocycles. The smallest absolute Gasteiger partial charge is 0.410 e. The van der Waals surface area contributed by atoms with Gasteiger partial charge < -0.3 is 14.5 Å². The van der Waals surface area contributed by atoms with E-state index in [2.05, 4.69) is 21.3 Å². The van der Waals surface area contributed by atoms with Gasteiger partial charge in [-0.15, -0.1) is 11.3 Å². The number of aromatic nitrogens is 1. The first-order valence-electron chi connectivity index (χ1n) is 7.99. The summed E-state index contributed by atoms with van der Waals surface area (Å²) in [5, 5.41) is 3.30. The van der Waals surface area contributed by atoms with Crippen molar-refractivity contribution in [1.82, 2.24) is 9.88 Å². The Hall–Kier alpha value is -1.82. The first-order valence-corrected chi connectivity index (χ1v) is 8.87. The molecular formula is C17H23N3O2S. The highest BCUT2D eigenvalue weighted by atomic mass is 32.1. The number of ether oxygens (including phenoxy) is 1. The lowest BCUT2D eigenvalue weighted by atomic mass is 10.2. The van der Waals surface area contributed by atoms with Crippen molar-refractivity contribution < 1.29 is 9.53 Å². The van der Waals surface area contributed by atoms with Gasteiger partial charge in [0.2, 0.25) is 0 Å². The minimum Gasteiger partial charge on any atom is -0.444 e. The summed E-state index contributed by atoms with van der Waals surface area (Å²) in [6.07, 6.45) is 2.56. The summed E-state index contributed by atoms with van der Waals surface area (Å²) in [4.78, 5) is 20.9. The third kappa shape index (κ3) is 3.75. The van der Waals surface area contributed by atoms with Crippen molar-refractivity contribution in [1.29, 1.82) is 0 Å². The maximum atomic E-state index is 12.3. The van der Waals surface area contributed by atoms with E-state index in [1.54, 1.807) is 16.2 Å². The molecule has 0 bridgehead atoms. The molecule has 3 heterocycles. The summed E-state index contributed by atoms with van der Waals surface area (Å²) < 4.78 is 6.74. The van der Waals surface area contributed by atoms with E-state index < -0.39 is 5.60 Å². The lowest BCUT2D eigenvalue weighted by molar-refractivity contribution is 0.0263. The molecule has 1 amide bonds. The Bertz CT molecular complexity index is 692. The van der Waals surface area contributed by atoms with Gasteiger partial charge in [-0.05, 0) is 44.7 Å². The maximum Gasteiger partial charge on any atom is 0.410 e. The average Bonchev–Trinajstić information content (AvgIpc) is 2.81. The zero-order chi connectivity index (χ0) is 16.4. The molecule has 2 aromatic heterocycles. The van der Waals surface area contributed by atoms with E-state index in [1.165, 1.54) is 10.1 Å². The highest BCUT2D eigenvalue weighted by molar-refractivity contribution is 7.17. The van der Waals surface area contributed by atoms with Crippen LogP contribution in [-0.4, -0.2) is 47.8 Å². The molecule has 0 N–H and O–H groups in total. The number of pyridine rings is 1. The Kier molecular flexibility index (Phi) is 4.43. The number of nitrogens with zero attached hydrogens (tertiary/aromatic N) is 3. The molecule has 6 heteroatoms. The van der Waals surface area contributed by atoms with E-state index >= 15 is 0 Å².